The van der Waals surface area contributed by atoms with E-state index in [0.717, 1.165) is 83.5 Å². The van der Waals surface area contributed by atoms with Crippen LogP contribution in [0, 0.1) is 23.7 Å². The Morgan fingerprint density at radius 3 is 1.42 bits per heavy atom. The van der Waals surface area contributed by atoms with Gasteiger partial charge in [-0.1, -0.05) is 12.2 Å². The highest BCUT2D eigenvalue weighted by Gasteiger charge is 2.43. The van der Waals surface area contributed by atoms with E-state index in [1.807, 2.05) is 48.5 Å². The van der Waals surface area contributed by atoms with Crippen LogP contribution in [0.3, 0.4) is 0 Å². The van der Waals surface area contributed by atoms with Crippen LogP contribution >= 0.6 is 0 Å². The SMILES string of the molecule is C=CC1CN2CC[C@@H]1CC2[C@H](O)c1ccnc2ccc(OC)cc12.C=CC1CN2CC[C@@H]1CC2[C@H](O)c1ccnc2ccc(OC)cc12.O.O.O=S(=O)(O)O. The number of fused-ring (bicyclic) bond motifs is 8. The Balaban J connectivity index is 0.000000211. The molecular weight excluding hydrogens is 729 g/mol. The molecule has 55 heavy (non-hydrogen) atoms. The van der Waals surface area contributed by atoms with Crippen molar-refractivity contribution in [3.8, 4) is 11.5 Å². The smallest absolute Gasteiger partial charge is 0.394 e. The summed E-state index contributed by atoms with van der Waals surface area (Å²) in [6.07, 6.45) is 11.2. The summed E-state index contributed by atoms with van der Waals surface area (Å²) in [5, 5.41) is 24.3. The number of aliphatic hydroxyl groups is 2. The Kier molecular flexibility index (Phi) is 14.9. The van der Waals surface area contributed by atoms with Gasteiger partial charge in [0.1, 0.15) is 11.5 Å². The Morgan fingerprint density at radius 1 is 0.727 bits per heavy atom. The number of aliphatic hydroxyl groups excluding tert-OH is 2. The highest BCUT2D eigenvalue weighted by atomic mass is 32.3. The van der Waals surface area contributed by atoms with Gasteiger partial charge in [0, 0.05) is 48.3 Å². The molecule has 6 aliphatic heterocycles. The summed E-state index contributed by atoms with van der Waals surface area (Å²) in [6.45, 7) is 12.1. The number of methoxy groups -OCH3 is 2. The first-order chi connectivity index (χ1) is 25.4. The van der Waals surface area contributed by atoms with E-state index in [1.165, 1.54) is 12.8 Å². The van der Waals surface area contributed by atoms with Crippen molar-refractivity contribution in [2.45, 2.75) is 50.0 Å². The van der Waals surface area contributed by atoms with E-state index in [1.54, 1.807) is 26.6 Å². The fourth-order valence-corrected chi connectivity index (χ4v) is 8.89. The zero-order valence-corrected chi connectivity index (χ0v) is 32.1. The van der Waals surface area contributed by atoms with Crippen molar-refractivity contribution in [2.75, 3.05) is 40.4 Å². The monoisotopic (exact) mass is 782 g/mol. The maximum absolute atomic E-state index is 11.2. The number of hydrogen-bond acceptors (Lipinski definition) is 10. The van der Waals surface area contributed by atoms with Gasteiger partial charge in [0.15, 0.2) is 0 Å². The minimum atomic E-state index is -4.67. The summed E-state index contributed by atoms with van der Waals surface area (Å²) < 4.78 is 42.3. The molecule has 0 radical (unpaired) electrons. The van der Waals surface area contributed by atoms with Crippen molar-refractivity contribution in [1.82, 2.24) is 19.8 Å². The molecule has 4 aromatic rings. The summed E-state index contributed by atoms with van der Waals surface area (Å²) in [5.41, 5.74) is 3.69. The number of rotatable bonds is 8. The molecular formula is C40H54N4O10S. The average Bonchev–Trinajstić information content (AvgIpc) is 3.19. The lowest BCUT2D eigenvalue weighted by Crippen LogP contribution is -2.54. The Labute approximate surface area is 322 Å². The second-order valence-corrected chi connectivity index (χ2v) is 15.3. The lowest BCUT2D eigenvalue weighted by molar-refractivity contribution is -0.0445. The van der Waals surface area contributed by atoms with Crippen molar-refractivity contribution in [2.24, 2.45) is 23.7 Å². The van der Waals surface area contributed by atoms with Gasteiger partial charge in [0.25, 0.3) is 0 Å². The summed E-state index contributed by atoms with van der Waals surface area (Å²) in [7, 11) is -1.34. The molecule has 0 spiro atoms. The summed E-state index contributed by atoms with van der Waals surface area (Å²) in [6, 6.07) is 15.9. The maximum atomic E-state index is 11.2. The number of aromatic nitrogens is 2. The Morgan fingerprint density at radius 2 is 1.11 bits per heavy atom. The molecule has 0 amide bonds. The molecule has 2 aromatic carbocycles. The molecule has 8 heterocycles. The first-order valence-electron chi connectivity index (χ1n) is 18.1. The molecule has 300 valence electrons. The van der Waals surface area contributed by atoms with Gasteiger partial charge in [-0.05, 0) is 122 Å². The minimum Gasteiger partial charge on any atom is -0.497 e. The van der Waals surface area contributed by atoms with Gasteiger partial charge in [0.05, 0.1) is 37.5 Å². The summed E-state index contributed by atoms with van der Waals surface area (Å²) >= 11 is 0. The molecule has 15 heteroatoms. The molecule has 6 saturated heterocycles. The van der Waals surface area contributed by atoms with E-state index in [0.29, 0.717) is 23.7 Å². The van der Waals surface area contributed by atoms with Crippen molar-refractivity contribution >= 4 is 32.2 Å². The highest BCUT2D eigenvalue weighted by molar-refractivity contribution is 7.79. The summed E-state index contributed by atoms with van der Waals surface area (Å²) in [4.78, 5) is 13.7. The third-order valence-electron chi connectivity index (χ3n) is 11.6. The average molecular weight is 783 g/mol. The van der Waals surface area contributed by atoms with E-state index in [-0.39, 0.29) is 23.0 Å². The van der Waals surface area contributed by atoms with Crippen molar-refractivity contribution in [3.63, 3.8) is 0 Å². The number of benzene rings is 2. The van der Waals surface area contributed by atoms with Gasteiger partial charge in [-0.2, -0.15) is 8.42 Å². The topological polar surface area (TPSA) is 229 Å². The first-order valence-corrected chi connectivity index (χ1v) is 19.5. The normalized spacial score (nSPS) is 27.5. The molecule has 4 bridgehead atoms. The van der Waals surface area contributed by atoms with Crippen LogP contribution in [0.25, 0.3) is 21.8 Å². The van der Waals surface area contributed by atoms with Crippen molar-refractivity contribution in [1.29, 1.82) is 0 Å². The minimum absolute atomic E-state index is 0. The van der Waals surface area contributed by atoms with Crippen LogP contribution in [-0.4, -0.2) is 111 Å². The number of pyridine rings is 2. The number of ether oxygens (including phenoxy) is 2. The van der Waals surface area contributed by atoms with E-state index in [2.05, 4.69) is 45.1 Å². The van der Waals surface area contributed by atoms with E-state index < -0.39 is 22.6 Å². The lowest BCUT2D eigenvalue weighted by atomic mass is 9.73. The van der Waals surface area contributed by atoms with Crippen molar-refractivity contribution < 1.29 is 48.2 Å². The molecule has 8 N–H and O–H groups in total. The second kappa shape index (κ2) is 18.7. The van der Waals surface area contributed by atoms with Crippen LogP contribution in [0.2, 0.25) is 0 Å². The lowest BCUT2D eigenvalue weighted by Gasteiger charge is -2.50. The molecule has 10 atom stereocenters. The molecule has 0 aliphatic carbocycles. The fraction of sp³-hybridized carbons (Fsp3) is 0.450. The van der Waals surface area contributed by atoms with Crippen molar-refractivity contribution in [3.05, 3.63) is 97.4 Å². The number of piperidine rings is 6. The van der Waals surface area contributed by atoms with Gasteiger partial charge in [0.2, 0.25) is 0 Å². The van der Waals surface area contributed by atoms with Crippen LogP contribution in [0.15, 0.2) is 86.2 Å². The van der Waals surface area contributed by atoms with Crippen LogP contribution in [0.5, 0.6) is 11.5 Å². The molecule has 6 fully saturated rings. The Bertz CT molecular complexity index is 1900. The predicted molar refractivity (Wildman–Crippen MR) is 211 cm³/mol. The molecule has 10 rings (SSSR count). The third kappa shape index (κ3) is 9.86. The second-order valence-electron chi connectivity index (χ2n) is 14.4. The van der Waals surface area contributed by atoms with Gasteiger partial charge >= 0.3 is 10.4 Å². The molecule has 2 aromatic heterocycles. The van der Waals surface area contributed by atoms with Gasteiger partial charge in [-0.3, -0.25) is 28.9 Å². The third-order valence-corrected chi connectivity index (χ3v) is 11.6. The van der Waals surface area contributed by atoms with Crippen LogP contribution in [0.4, 0.5) is 0 Å². The fourth-order valence-electron chi connectivity index (χ4n) is 8.89. The summed E-state index contributed by atoms with van der Waals surface area (Å²) in [5.74, 6) is 4.01. The molecule has 14 nitrogen and oxygen atoms in total. The van der Waals surface area contributed by atoms with E-state index in [4.69, 9.17) is 27.0 Å². The van der Waals surface area contributed by atoms with Crippen LogP contribution in [0.1, 0.15) is 49.0 Å². The zero-order chi connectivity index (χ0) is 37.9. The van der Waals surface area contributed by atoms with Crippen LogP contribution < -0.4 is 9.47 Å². The highest BCUT2D eigenvalue weighted by Crippen LogP contribution is 2.43. The quantitative estimate of drug-likeness (QED) is 0.147. The largest absolute Gasteiger partial charge is 0.497 e. The standard InChI is InChI=1S/2C20H24N2O2.H2O4S.2H2O/c2*1-3-13-12-22-9-7-14(13)10-19(22)20(23)16-6-8-21-18-5-4-15(24-2)11-17(16)18;1-5(2,3)4;;/h2*3-6,8,11,13-14,19-20,23H,1,7,9-10,12H2,2H3;(H2,1,2,3,4);2*1H2/t2*13?,14-,19?,20-;;;/m11.../s1. The van der Waals surface area contributed by atoms with E-state index in [9.17, 15) is 10.2 Å². The number of hydrogen-bond donors (Lipinski definition) is 4. The van der Waals surface area contributed by atoms with Crippen LogP contribution in [-0.2, 0) is 10.4 Å². The number of nitrogens with zero attached hydrogens (tertiary/aromatic N) is 4. The maximum Gasteiger partial charge on any atom is 0.394 e. The molecule has 0 saturated carbocycles. The zero-order valence-electron chi connectivity index (χ0n) is 31.2. The van der Waals surface area contributed by atoms with Gasteiger partial charge < -0.3 is 30.6 Å². The molecule has 6 unspecified atom stereocenters. The van der Waals surface area contributed by atoms with E-state index >= 15 is 0 Å². The molecule has 6 aliphatic rings. The first kappa shape index (κ1) is 43.7. The predicted octanol–water partition coefficient (Wildman–Crippen LogP) is 4.04. The Hall–Kier alpha value is -4.03. The van der Waals surface area contributed by atoms with Gasteiger partial charge in [-0.15, -0.1) is 13.2 Å². The van der Waals surface area contributed by atoms with Gasteiger partial charge in [-0.25, -0.2) is 0 Å².